The molecule has 0 aliphatic rings. The van der Waals surface area contributed by atoms with Crippen molar-refractivity contribution in [3.8, 4) is 0 Å². The largest absolute Gasteiger partial charge is 0.385 e. The third kappa shape index (κ3) is 5.43. The summed E-state index contributed by atoms with van der Waals surface area (Å²) >= 11 is 4.02. The standard InChI is InChI=1S/C8H17NO2S/c1-6(4-5-11-3)9-8(10)7(2)12/h6-7,12H,4-5H2,1-3H3,(H,9,10). The lowest BCUT2D eigenvalue weighted by atomic mass is 10.2. The van der Waals surface area contributed by atoms with E-state index < -0.39 is 0 Å². The van der Waals surface area contributed by atoms with Crippen LogP contribution in [0.25, 0.3) is 0 Å². The van der Waals surface area contributed by atoms with E-state index in [2.05, 4.69) is 17.9 Å². The Morgan fingerprint density at radius 1 is 1.58 bits per heavy atom. The molecule has 3 nitrogen and oxygen atoms in total. The molecule has 12 heavy (non-hydrogen) atoms. The van der Waals surface area contributed by atoms with E-state index >= 15 is 0 Å². The van der Waals surface area contributed by atoms with E-state index in [1.54, 1.807) is 14.0 Å². The van der Waals surface area contributed by atoms with Gasteiger partial charge in [-0.15, -0.1) is 0 Å². The number of carbonyl (C=O) groups is 1. The van der Waals surface area contributed by atoms with E-state index in [0.29, 0.717) is 6.61 Å². The lowest BCUT2D eigenvalue weighted by Gasteiger charge is -2.14. The first-order chi connectivity index (χ1) is 5.57. The minimum Gasteiger partial charge on any atom is -0.385 e. The molecule has 2 unspecified atom stereocenters. The summed E-state index contributed by atoms with van der Waals surface area (Å²) in [4.78, 5) is 11.1. The molecule has 1 N–H and O–H groups in total. The van der Waals surface area contributed by atoms with Gasteiger partial charge in [-0.2, -0.15) is 12.6 Å². The van der Waals surface area contributed by atoms with Crippen LogP contribution in [0.4, 0.5) is 0 Å². The van der Waals surface area contributed by atoms with Crippen LogP contribution < -0.4 is 5.32 Å². The van der Waals surface area contributed by atoms with Gasteiger partial charge in [-0.25, -0.2) is 0 Å². The highest BCUT2D eigenvalue weighted by molar-refractivity contribution is 7.81. The van der Waals surface area contributed by atoms with Gasteiger partial charge in [0.05, 0.1) is 5.25 Å². The number of rotatable bonds is 5. The van der Waals surface area contributed by atoms with Crippen LogP contribution in [0.5, 0.6) is 0 Å². The van der Waals surface area contributed by atoms with E-state index in [4.69, 9.17) is 4.74 Å². The highest BCUT2D eigenvalue weighted by atomic mass is 32.1. The fourth-order valence-electron chi connectivity index (χ4n) is 0.730. The molecule has 0 spiro atoms. The second kappa shape index (κ2) is 6.31. The first-order valence-electron chi connectivity index (χ1n) is 4.05. The quantitative estimate of drug-likeness (QED) is 0.632. The van der Waals surface area contributed by atoms with E-state index in [0.717, 1.165) is 6.42 Å². The van der Waals surface area contributed by atoms with E-state index in [1.807, 2.05) is 6.92 Å². The maximum atomic E-state index is 11.1. The summed E-state index contributed by atoms with van der Waals surface area (Å²) in [5, 5.41) is 2.58. The Morgan fingerprint density at radius 2 is 2.17 bits per heavy atom. The van der Waals surface area contributed by atoms with Crippen molar-refractivity contribution >= 4 is 18.5 Å². The van der Waals surface area contributed by atoms with Gasteiger partial charge in [-0.1, -0.05) is 0 Å². The van der Waals surface area contributed by atoms with Crippen molar-refractivity contribution < 1.29 is 9.53 Å². The SMILES string of the molecule is COCCC(C)NC(=O)C(C)S. The number of hydrogen-bond donors (Lipinski definition) is 2. The zero-order valence-corrected chi connectivity index (χ0v) is 8.73. The lowest BCUT2D eigenvalue weighted by molar-refractivity contribution is -0.120. The average Bonchev–Trinajstić information content (AvgIpc) is 2.00. The third-order valence-corrected chi connectivity index (χ3v) is 1.76. The number of methoxy groups -OCH3 is 1. The van der Waals surface area contributed by atoms with Gasteiger partial charge in [-0.3, -0.25) is 4.79 Å². The first-order valence-corrected chi connectivity index (χ1v) is 4.57. The number of carbonyl (C=O) groups excluding carboxylic acids is 1. The molecule has 0 aromatic carbocycles. The van der Waals surface area contributed by atoms with Gasteiger partial charge in [0.25, 0.3) is 0 Å². The summed E-state index contributed by atoms with van der Waals surface area (Å²) in [7, 11) is 1.65. The molecule has 0 saturated carbocycles. The van der Waals surface area contributed by atoms with Gasteiger partial charge in [0.15, 0.2) is 0 Å². The van der Waals surface area contributed by atoms with Gasteiger partial charge >= 0.3 is 0 Å². The fourth-order valence-corrected chi connectivity index (χ4v) is 0.805. The molecule has 0 aromatic heterocycles. The Bertz CT molecular complexity index is 139. The van der Waals surface area contributed by atoms with Crippen molar-refractivity contribution in [3.05, 3.63) is 0 Å². The van der Waals surface area contributed by atoms with Gasteiger partial charge < -0.3 is 10.1 Å². The van der Waals surface area contributed by atoms with Crippen LogP contribution in [0.15, 0.2) is 0 Å². The molecule has 72 valence electrons. The summed E-state index contributed by atoms with van der Waals surface area (Å²) in [6.07, 6.45) is 0.836. The third-order valence-electron chi connectivity index (χ3n) is 1.52. The number of amides is 1. The Kier molecular flexibility index (Phi) is 6.20. The molecule has 0 bridgehead atoms. The summed E-state index contributed by atoms with van der Waals surface area (Å²) in [5.41, 5.74) is 0. The maximum absolute atomic E-state index is 11.1. The predicted molar refractivity (Wildman–Crippen MR) is 52.5 cm³/mol. The molecule has 0 aromatic rings. The smallest absolute Gasteiger partial charge is 0.232 e. The molecule has 0 radical (unpaired) electrons. The van der Waals surface area contributed by atoms with E-state index in [-0.39, 0.29) is 17.2 Å². The molecular formula is C8H17NO2S. The summed E-state index contributed by atoms with van der Waals surface area (Å²) in [6, 6.07) is 0.159. The maximum Gasteiger partial charge on any atom is 0.232 e. The lowest BCUT2D eigenvalue weighted by Crippen LogP contribution is -2.37. The second-order valence-electron chi connectivity index (χ2n) is 2.87. The van der Waals surface area contributed by atoms with Crippen LogP contribution in [-0.2, 0) is 9.53 Å². The van der Waals surface area contributed by atoms with Crippen LogP contribution in [-0.4, -0.2) is 30.9 Å². The zero-order chi connectivity index (χ0) is 9.56. The predicted octanol–water partition coefficient (Wildman–Crippen LogP) is 0.846. The molecule has 1 amide bonds. The second-order valence-corrected chi connectivity index (χ2v) is 3.64. The molecule has 0 rings (SSSR count). The highest BCUT2D eigenvalue weighted by Gasteiger charge is 2.10. The number of hydrogen-bond acceptors (Lipinski definition) is 3. The van der Waals surface area contributed by atoms with Crippen LogP contribution in [0.1, 0.15) is 20.3 Å². The normalized spacial score (nSPS) is 15.3. The number of thiol groups is 1. The van der Waals surface area contributed by atoms with Crippen molar-refractivity contribution in [2.24, 2.45) is 0 Å². The summed E-state index contributed by atoms with van der Waals surface area (Å²) in [6.45, 7) is 4.37. The van der Waals surface area contributed by atoms with Gasteiger partial charge in [-0.05, 0) is 20.3 Å². The van der Waals surface area contributed by atoms with Crippen molar-refractivity contribution in [1.82, 2.24) is 5.32 Å². The molecule has 2 atom stereocenters. The molecule has 0 heterocycles. The van der Waals surface area contributed by atoms with E-state index in [1.165, 1.54) is 0 Å². The number of nitrogens with one attached hydrogen (secondary N) is 1. The molecule has 0 fully saturated rings. The van der Waals surface area contributed by atoms with Gasteiger partial charge in [0, 0.05) is 19.8 Å². The Morgan fingerprint density at radius 3 is 2.58 bits per heavy atom. The molecular weight excluding hydrogens is 174 g/mol. The van der Waals surface area contributed by atoms with E-state index in [9.17, 15) is 4.79 Å². The van der Waals surface area contributed by atoms with Crippen molar-refractivity contribution in [2.45, 2.75) is 31.6 Å². The average molecular weight is 191 g/mol. The van der Waals surface area contributed by atoms with Crippen LogP contribution in [0.2, 0.25) is 0 Å². The topological polar surface area (TPSA) is 38.3 Å². The molecule has 0 aliphatic carbocycles. The van der Waals surface area contributed by atoms with Gasteiger partial charge in [0.1, 0.15) is 0 Å². The minimum absolute atomic E-state index is 0.0260. The van der Waals surface area contributed by atoms with Crippen LogP contribution >= 0.6 is 12.6 Å². The Labute approximate surface area is 79.3 Å². The van der Waals surface area contributed by atoms with Crippen molar-refractivity contribution in [2.75, 3.05) is 13.7 Å². The van der Waals surface area contributed by atoms with Crippen LogP contribution in [0.3, 0.4) is 0 Å². The zero-order valence-electron chi connectivity index (χ0n) is 7.83. The van der Waals surface area contributed by atoms with Crippen molar-refractivity contribution in [1.29, 1.82) is 0 Å². The molecule has 4 heteroatoms. The molecule has 0 saturated heterocycles. The Hall–Kier alpha value is -0.220. The monoisotopic (exact) mass is 191 g/mol. The highest BCUT2D eigenvalue weighted by Crippen LogP contribution is 1.96. The number of ether oxygens (including phenoxy) is 1. The summed E-state index contributed by atoms with van der Waals surface area (Å²) in [5.74, 6) is -0.0260. The Balaban J connectivity index is 3.54. The fraction of sp³-hybridized carbons (Fsp3) is 0.875. The summed E-state index contributed by atoms with van der Waals surface area (Å²) < 4.78 is 4.88. The van der Waals surface area contributed by atoms with Crippen molar-refractivity contribution in [3.63, 3.8) is 0 Å². The van der Waals surface area contributed by atoms with Gasteiger partial charge in [0.2, 0.25) is 5.91 Å². The first kappa shape index (κ1) is 11.8. The van der Waals surface area contributed by atoms with Crippen LogP contribution in [0, 0.1) is 0 Å². The minimum atomic E-state index is -0.241. The molecule has 0 aliphatic heterocycles.